The summed E-state index contributed by atoms with van der Waals surface area (Å²) in [7, 11) is 0. The molecule has 0 unspecified atom stereocenters. The van der Waals surface area contributed by atoms with Crippen molar-refractivity contribution in [2.45, 2.75) is 19.7 Å². The van der Waals surface area contributed by atoms with E-state index in [9.17, 15) is 0 Å². The lowest BCUT2D eigenvalue weighted by Crippen LogP contribution is -2.25. The molecule has 0 aliphatic carbocycles. The van der Waals surface area contributed by atoms with Crippen molar-refractivity contribution in [1.29, 1.82) is 0 Å². The van der Waals surface area contributed by atoms with Crippen molar-refractivity contribution in [1.82, 2.24) is 9.88 Å². The summed E-state index contributed by atoms with van der Waals surface area (Å²) in [4.78, 5) is 6.14. The van der Waals surface area contributed by atoms with Crippen LogP contribution in [0.1, 0.15) is 17.1 Å². The Bertz CT molecular complexity index is 484. The summed E-state index contributed by atoms with van der Waals surface area (Å²) in [6, 6.07) is 7.50. The van der Waals surface area contributed by atoms with Crippen LogP contribution >= 0.6 is 0 Å². The molecule has 0 fully saturated rings. The highest BCUT2D eigenvalue weighted by Crippen LogP contribution is 2.12. The maximum atomic E-state index is 9.12. The van der Waals surface area contributed by atoms with Crippen molar-refractivity contribution < 1.29 is 14.6 Å². The van der Waals surface area contributed by atoms with Crippen LogP contribution in [-0.4, -0.2) is 33.2 Å². The summed E-state index contributed by atoms with van der Waals surface area (Å²) in [5.74, 6) is 1.33. The molecule has 2 N–H and O–H groups in total. The Kier molecular flexibility index (Phi) is 5.09. The zero-order chi connectivity index (χ0) is 13.5. The highest BCUT2D eigenvalue weighted by atomic mass is 16.4. The Hall–Kier alpha value is -1.69. The summed E-state index contributed by atoms with van der Waals surface area (Å²) < 4.78 is 5.46. The van der Waals surface area contributed by atoms with E-state index in [1.54, 1.807) is 12.3 Å². The molecule has 0 aromatic carbocycles. The van der Waals surface area contributed by atoms with Gasteiger partial charge in [0.2, 0.25) is 0 Å². The molecule has 0 spiro atoms. The van der Waals surface area contributed by atoms with Crippen molar-refractivity contribution >= 4 is 0 Å². The van der Waals surface area contributed by atoms with E-state index < -0.39 is 0 Å². The summed E-state index contributed by atoms with van der Waals surface area (Å²) in [5, 5.41) is 18.1. The normalized spacial score (nSPS) is 11.1. The molecule has 19 heavy (non-hydrogen) atoms. The molecular formula is C14H18N2O3. The highest BCUT2D eigenvalue weighted by molar-refractivity contribution is 5.10. The van der Waals surface area contributed by atoms with E-state index in [0.29, 0.717) is 25.4 Å². The van der Waals surface area contributed by atoms with Crippen LogP contribution in [0.5, 0.6) is 0 Å². The molecule has 5 nitrogen and oxygen atoms in total. The molecule has 0 amide bonds. The Balaban J connectivity index is 1.99. The molecule has 2 aromatic rings. The van der Waals surface area contributed by atoms with Gasteiger partial charge in [-0.15, -0.1) is 0 Å². The molecule has 2 aromatic heterocycles. The molecular weight excluding hydrogens is 244 g/mol. The molecule has 0 atom stereocenters. The molecule has 5 heteroatoms. The van der Waals surface area contributed by atoms with Gasteiger partial charge in [0.1, 0.15) is 18.1 Å². The molecule has 0 aliphatic heterocycles. The second-order valence-corrected chi connectivity index (χ2v) is 4.32. The summed E-state index contributed by atoms with van der Waals surface area (Å²) in [6.45, 7) is 1.85. The van der Waals surface area contributed by atoms with Gasteiger partial charge >= 0.3 is 0 Å². The first-order valence-corrected chi connectivity index (χ1v) is 6.22. The largest absolute Gasteiger partial charge is 0.462 e. The smallest absolute Gasteiger partial charge is 0.129 e. The van der Waals surface area contributed by atoms with Crippen LogP contribution < -0.4 is 0 Å². The van der Waals surface area contributed by atoms with Crippen LogP contribution in [-0.2, 0) is 19.7 Å². The first kappa shape index (κ1) is 13.7. The molecule has 2 heterocycles. The Morgan fingerprint density at radius 2 is 1.95 bits per heavy atom. The fourth-order valence-corrected chi connectivity index (χ4v) is 1.92. The number of pyridine rings is 1. The number of nitrogens with zero attached hydrogens (tertiary/aromatic N) is 2. The average molecular weight is 262 g/mol. The van der Waals surface area contributed by atoms with Crippen LogP contribution in [0.4, 0.5) is 0 Å². The van der Waals surface area contributed by atoms with Gasteiger partial charge in [0.15, 0.2) is 0 Å². The van der Waals surface area contributed by atoms with E-state index in [1.807, 2.05) is 24.4 Å². The molecule has 102 valence electrons. The SMILES string of the molecule is OCCN(Cc1cccnc1)Cc1ccc(CO)o1. The van der Waals surface area contributed by atoms with Gasteiger partial charge in [0.05, 0.1) is 13.2 Å². The van der Waals surface area contributed by atoms with Crippen LogP contribution in [0.3, 0.4) is 0 Å². The fourth-order valence-electron chi connectivity index (χ4n) is 1.92. The van der Waals surface area contributed by atoms with E-state index in [0.717, 1.165) is 11.3 Å². The summed E-state index contributed by atoms with van der Waals surface area (Å²) in [6.07, 6.45) is 3.55. The van der Waals surface area contributed by atoms with E-state index in [-0.39, 0.29) is 13.2 Å². The third-order valence-electron chi connectivity index (χ3n) is 2.80. The van der Waals surface area contributed by atoms with Gasteiger partial charge in [0, 0.05) is 25.5 Å². The quantitative estimate of drug-likeness (QED) is 0.783. The van der Waals surface area contributed by atoms with Crippen molar-refractivity contribution in [3.8, 4) is 0 Å². The molecule has 0 saturated heterocycles. The number of aliphatic hydroxyl groups is 2. The minimum atomic E-state index is -0.0946. The van der Waals surface area contributed by atoms with E-state index in [2.05, 4.69) is 9.88 Å². The summed E-state index contributed by atoms with van der Waals surface area (Å²) in [5.41, 5.74) is 1.09. The van der Waals surface area contributed by atoms with Crippen molar-refractivity contribution in [2.24, 2.45) is 0 Å². The average Bonchev–Trinajstić information content (AvgIpc) is 2.88. The maximum absolute atomic E-state index is 9.12. The summed E-state index contributed by atoms with van der Waals surface area (Å²) >= 11 is 0. The third-order valence-corrected chi connectivity index (χ3v) is 2.80. The fraction of sp³-hybridized carbons (Fsp3) is 0.357. The monoisotopic (exact) mass is 262 g/mol. The van der Waals surface area contributed by atoms with Crippen molar-refractivity contribution in [3.63, 3.8) is 0 Å². The Labute approximate surface area is 112 Å². The zero-order valence-electron chi connectivity index (χ0n) is 10.7. The number of hydrogen-bond donors (Lipinski definition) is 2. The Morgan fingerprint density at radius 1 is 1.11 bits per heavy atom. The minimum Gasteiger partial charge on any atom is -0.462 e. The van der Waals surface area contributed by atoms with Crippen LogP contribution in [0.2, 0.25) is 0 Å². The van der Waals surface area contributed by atoms with Crippen LogP contribution in [0.25, 0.3) is 0 Å². The maximum Gasteiger partial charge on any atom is 0.129 e. The predicted octanol–water partition coefficient (Wildman–Crippen LogP) is 1.16. The number of rotatable bonds is 7. The van der Waals surface area contributed by atoms with Crippen molar-refractivity contribution in [2.75, 3.05) is 13.2 Å². The van der Waals surface area contributed by atoms with Gasteiger partial charge in [-0.3, -0.25) is 9.88 Å². The third kappa shape index (κ3) is 4.17. The second-order valence-electron chi connectivity index (χ2n) is 4.32. The van der Waals surface area contributed by atoms with E-state index >= 15 is 0 Å². The van der Waals surface area contributed by atoms with Gasteiger partial charge in [-0.2, -0.15) is 0 Å². The second kappa shape index (κ2) is 7.04. The topological polar surface area (TPSA) is 69.7 Å². The minimum absolute atomic E-state index is 0.0911. The van der Waals surface area contributed by atoms with Crippen LogP contribution in [0, 0.1) is 0 Å². The zero-order valence-corrected chi connectivity index (χ0v) is 10.7. The molecule has 0 radical (unpaired) electrons. The van der Waals surface area contributed by atoms with Crippen molar-refractivity contribution in [3.05, 3.63) is 53.7 Å². The number of aromatic nitrogens is 1. The lowest BCUT2D eigenvalue weighted by atomic mass is 10.2. The first-order valence-electron chi connectivity index (χ1n) is 6.22. The molecule has 2 rings (SSSR count). The van der Waals surface area contributed by atoms with Gasteiger partial charge in [0.25, 0.3) is 0 Å². The van der Waals surface area contributed by atoms with E-state index in [1.165, 1.54) is 0 Å². The predicted molar refractivity (Wildman–Crippen MR) is 70.1 cm³/mol. The number of furan rings is 1. The number of hydrogen-bond acceptors (Lipinski definition) is 5. The van der Waals surface area contributed by atoms with Gasteiger partial charge in [-0.1, -0.05) is 6.07 Å². The lowest BCUT2D eigenvalue weighted by molar-refractivity contribution is 0.170. The van der Waals surface area contributed by atoms with Crippen LogP contribution in [0.15, 0.2) is 41.1 Å². The van der Waals surface area contributed by atoms with E-state index in [4.69, 9.17) is 14.6 Å². The Morgan fingerprint density at radius 3 is 2.58 bits per heavy atom. The van der Waals surface area contributed by atoms with Gasteiger partial charge in [-0.25, -0.2) is 0 Å². The number of aliphatic hydroxyl groups excluding tert-OH is 2. The molecule has 0 bridgehead atoms. The van der Waals surface area contributed by atoms with Gasteiger partial charge < -0.3 is 14.6 Å². The highest BCUT2D eigenvalue weighted by Gasteiger charge is 2.09. The van der Waals surface area contributed by atoms with Gasteiger partial charge in [-0.05, 0) is 23.8 Å². The molecule has 0 aliphatic rings. The standard InChI is InChI=1S/C14H18N2O3/c17-7-6-16(9-12-2-1-5-15-8-12)10-13-3-4-14(11-18)19-13/h1-5,8,17-18H,6-7,9-11H2. The first-order chi connectivity index (χ1) is 9.31. The molecule has 0 saturated carbocycles. The lowest BCUT2D eigenvalue weighted by Gasteiger charge is -2.19.